The molecule has 2 N–H and O–H groups in total. The van der Waals surface area contributed by atoms with Gasteiger partial charge in [-0.15, -0.1) is 0 Å². The van der Waals surface area contributed by atoms with Crippen LogP contribution in [0.4, 0.5) is 0 Å². The van der Waals surface area contributed by atoms with Crippen LogP contribution in [0.15, 0.2) is 0 Å². The normalized spacial score (nSPS) is 15.7. The summed E-state index contributed by atoms with van der Waals surface area (Å²) >= 11 is 0. The molecule has 0 aliphatic carbocycles. The molecule has 0 aromatic heterocycles. The lowest BCUT2D eigenvalue weighted by Gasteiger charge is -2.35. The van der Waals surface area contributed by atoms with Crippen LogP contribution in [-0.2, 0) is 0 Å². The highest BCUT2D eigenvalue weighted by Gasteiger charge is 2.27. The number of nitrogens with one attached hydrogen (secondary N) is 1. The average molecular weight is 258 g/mol. The Hall–Kier alpha value is -0.120. The van der Waals surface area contributed by atoms with Crippen molar-refractivity contribution in [2.24, 2.45) is 0 Å². The summed E-state index contributed by atoms with van der Waals surface area (Å²) in [5, 5.41) is 13.2. The first-order valence-corrected chi connectivity index (χ1v) is 7.53. The molecule has 0 heterocycles. The van der Waals surface area contributed by atoms with Gasteiger partial charge in [-0.2, -0.15) is 0 Å². The number of nitrogens with zero attached hydrogens (tertiary/aromatic N) is 1. The van der Waals surface area contributed by atoms with Crippen LogP contribution in [-0.4, -0.2) is 47.3 Å². The minimum atomic E-state index is -0.0927. The standard InChI is InChI=1S/C15H34N2O/c1-7-15(12-18,16-13(3)4)10-9-11-17(8-2)14(5)6/h13-14,16,18H,7-12H2,1-6H3. The third kappa shape index (κ3) is 6.17. The predicted octanol–water partition coefficient (Wildman–Crippen LogP) is 2.64. The molecule has 0 saturated carbocycles. The van der Waals surface area contributed by atoms with Crippen molar-refractivity contribution in [3.8, 4) is 0 Å². The van der Waals surface area contributed by atoms with Crippen molar-refractivity contribution in [2.45, 2.75) is 78.4 Å². The lowest BCUT2D eigenvalue weighted by Crippen LogP contribution is -2.51. The molecule has 0 fully saturated rings. The topological polar surface area (TPSA) is 35.5 Å². The van der Waals surface area contributed by atoms with E-state index in [1.165, 1.54) is 0 Å². The lowest BCUT2D eigenvalue weighted by atomic mass is 9.90. The van der Waals surface area contributed by atoms with Crippen LogP contribution < -0.4 is 5.32 Å². The number of rotatable bonds is 10. The van der Waals surface area contributed by atoms with Gasteiger partial charge in [0.05, 0.1) is 6.61 Å². The Kier molecular flexibility index (Phi) is 8.83. The van der Waals surface area contributed by atoms with Crippen molar-refractivity contribution < 1.29 is 5.11 Å². The van der Waals surface area contributed by atoms with E-state index in [1.807, 2.05) is 0 Å². The number of hydrogen-bond acceptors (Lipinski definition) is 3. The highest BCUT2D eigenvalue weighted by molar-refractivity contribution is 4.87. The third-order valence-electron chi connectivity index (χ3n) is 3.81. The Balaban J connectivity index is 4.26. The molecule has 110 valence electrons. The second-order valence-electron chi connectivity index (χ2n) is 5.92. The summed E-state index contributed by atoms with van der Waals surface area (Å²) in [6.45, 7) is 15.6. The molecule has 3 heteroatoms. The van der Waals surface area contributed by atoms with Crippen molar-refractivity contribution in [2.75, 3.05) is 19.7 Å². The molecule has 0 rings (SSSR count). The summed E-state index contributed by atoms with van der Waals surface area (Å²) in [5.41, 5.74) is -0.0927. The van der Waals surface area contributed by atoms with Gasteiger partial charge in [0.25, 0.3) is 0 Å². The van der Waals surface area contributed by atoms with Crippen LogP contribution in [0, 0.1) is 0 Å². The van der Waals surface area contributed by atoms with Crippen molar-refractivity contribution in [3.05, 3.63) is 0 Å². The monoisotopic (exact) mass is 258 g/mol. The zero-order valence-corrected chi connectivity index (χ0v) is 13.3. The van der Waals surface area contributed by atoms with Gasteiger partial charge in [0.15, 0.2) is 0 Å². The van der Waals surface area contributed by atoms with E-state index in [9.17, 15) is 5.11 Å². The van der Waals surface area contributed by atoms with Crippen molar-refractivity contribution >= 4 is 0 Å². The maximum atomic E-state index is 9.68. The maximum Gasteiger partial charge on any atom is 0.0613 e. The van der Waals surface area contributed by atoms with Gasteiger partial charge in [0.1, 0.15) is 0 Å². The van der Waals surface area contributed by atoms with Crippen molar-refractivity contribution in [3.63, 3.8) is 0 Å². The molecule has 0 saturated heterocycles. The first kappa shape index (κ1) is 17.9. The van der Waals surface area contributed by atoms with E-state index in [0.717, 1.165) is 32.4 Å². The molecule has 0 amide bonds. The average Bonchev–Trinajstić information content (AvgIpc) is 2.32. The molecular weight excluding hydrogens is 224 g/mol. The van der Waals surface area contributed by atoms with E-state index in [0.29, 0.717) is 12.1 Å². The zero-order chi connectivity index (χ0) is 14.2. The first-order chi connectivity index (χ1) is 8.40. The van der Waals surface area contributed by atoms with Crippen molar-refractivity contribution in [1.82, 2.24) is 10.2 Å². The van der Waals surface area contributed by atoms with E-state index in [2.05, 4.69) is 51.8 Å². The van der Waals surface area contributed by atoms with Crippen LogP contribution in [0.5, 0.6) is 0 Å². The smallest absolute Gasteiger partial charge is 0.0613 e. The van der Waals surface area contributed by atoms with Gasteiger partial charge in [0.2, 0.25) is 0 Å². The van der Waals surface area contributed by atoms with Crippen LogP contribution in [0.2, 0.25) is 0 Å². The highest BCUT2D eigenvalue weighted by Crippen LogP contribution is 2.18. The van der Waals surface area contributed by atoms with Gasteiger partial charge in [-0.05, 0) is 46.2 Å². The Bertz CT molecular complexity index is 201. The highest BCUT2D eigenvalue weighted by atomic mass is 16.3. The summed E-state index contributed by atoms with van der Waals surface area (Å²) in [6.07, 6.45) is 3.16. The molecule has 0 aliphatic rings. The molecule has 0 aromatic carbocycles. The van der Waals surface area contributed by atoms with E-state index < -0.39 is 0 Å². The van der Waals surface area contributed by atoms with Crippen LogP contribution in [0.1, 0.15) is 60.8 Å². The van der Waals surface area contributed by atoms with E-state index >= 15 is 0 Å². The van der Waals surface area contributed by atoms with Gasteiger partial charge in [-0.3, -0.25) is 0 Å². The molecule has 0 aromatic rings. The van der Waals surface area contributed by atoms with E-state index in [-0.39, 0.29) is 12.1 Å². The Morgan fingerprint density at radius 3 is 2.11 bits per heavy atom. The van der Waals surface area contributed by atoms with Crippen LogP contribution in [0.25, 0.3) is 0 Å². The van der Waals surface area contributed by atoms with Crippen LogP contribution >= 0.6 is 0 Å². The second kappa shape index (κ2) is 8.89. The largest absolute Gasteiger partial charge is 0.394 e. The van der Waals surface area contributed by atoms with Gasteiger partial charge in [0, 0.05) is 17.6 Å². The fourth-order valence-electron chi connectivity index (χ4n) is 2.60. The third-order valence-corrected chi connectivity index (χ3v) is 3.81. The summed E-state index contributed by atoms with van der Waals surface area (Å²) in [5.74, 6) is 0. The molecule has 0 spiro atoms. The SMILES string of the molecule is CCN(CCCC(CC)(CO)NC(C)C)C(C)C. The molecular formula is C15H34N2O. The van der Waals surface area contributed by atoms with E-state index in [4.69, 9.17) is 0 Å². The number of aliphatic hydroxyl groups excluding tert-OH is 1. The maximum absolute atomic E-state index is 9.68. The fourth-order valence-corrected chi connectivity index (χ4v) is 2.60. The molecule has 0 bridgehead atoms. The fraction of sp³-hybridized carbons (Fsp3) is 1.00. The van der Waals surface area contributed by atoms with Gasteiger partial charge < -0.3 is 15.3 Å². The number of hydrogen-bond donors (Lipinski definition) is 2. The zero-order valence-electron chi connectivity index (χ0n) is 13.3. The predicted molar refractivity (Wildman–Crippen MR) is 80.0 cm³/mol. The molecule has 0 aliphatic heterocycles. The Morgan fingerprint density at radius 2 is 1.78 bits per heavy atom. The molecule has 1 atom stereocenters. The molecule has 0 radical (unpaired) electrons. The van der Waals surface area contributed by atoms with Gasteiger partial charge >= 0.3 is 0 Å². The van der Waals surface area contributed by atoms with Gasteiger partial charge in [-0.1, -0.05) is 27.7 Å². The second-order valence-corrected chi connectivity index (χ2v) is 5.92. The molecule has 3 nitrogen and oxygen atoms in total. The summed E-state index contributed by atoms with van der Waals surface area (Å²) < 4.78 is 0. The minimum absolute atomic E-state index is 0.0927. The van der Waals surface area contributed by atoms with Crippen LogP contribution in [0.3, 0.4) is 0 Å². The summed E-state index contributed by atoms with van der Waals surface area (Å²) in [4.78, 5) is 2.48. The van der Waals surface area contributed by atoms with E-state index in [1.54, 1.807) is 0 Å². The Labute approximate surface area is 114 Å². The molecule has 18 heavy (non-hydrogen) atoms. The molecule has 1 unspecified atom stereocenters. The minimum Gasteiger partial charge on any atom is -0.394 e. The first-order valence-electron chi connectivity index (χ1n) is 7.53. The summed E-state index contributed by atoms with van der Waals surface area (Å²) in [7, 11) is 0. The Morgan fingerprint density at radius 1 is 1.17 bits per heavy atom. The number of aliphatic hydroxyl groups is 1. The van der Waals surface area contributed by atoms with Crippen molar-refractivity contribution in [1.29, 1.82) is 0 Å². The quantitative estimate of drug-likeness (QED) is 0.632. The lowest BCUT2D eigenvalue weighted by molar-refractivity contribution is 0.127. The van der Waals surface area contributed by atoms with Gasteiger partial charge in [-0.25, -0.2) is 0 Å². The summed E-state index contributed by atoms with van der Waals surface area (Å²) in [6, 6.07) is 1.03.